The van der Waals surface area contributed by atoms with Crippen molar-refractivity contribution in [1.82, 2.24) is 0 Å². The van der Waals surface area contributed by atoms with Gasteiger partial charge in [0.15, 0.2) is 0 Å². The second-order valence-corrected chi connectivity index (χ2v) is 3.63. The van der Waals surface area contributed by atoms with Crippen LogP contribution >= 0.6 is 0 Å². The number of benzene rings is 1. The highest BCUT2D eigenvalue weighted by atomic mass is 19.1. The number of halogens is 1. The molecule has 0 amide bonds. The minimum atomic E-state index is -0.552. The molecule has 0 fully saturated rings. The van der Waals surface area contributed by atoms with Crippen molar-refractivity contribution in [2.75, 3.05) is 11.9 Å². The average Bonchev–Trinajstić information content (AvgIpc) is 2.23. The van der Waals surface area contributed by atoms with Crippen molar-refractivity contribution in [2.24, 2.45) is 0 Å². The number of nitrogens with zero attached hydrogens (tertiary/aromatic N) is 2. The first-order chi connectivity index (χ1) is 7.13. The van der Waals surface area contributed by atoms with Crippen LogP contribution in [0.2, 0.25) is 0 Å². The molecule has 2 rings (SSSR count). The largest absolute Gasteiger partial charge is 0.471 e. The molecule has 78 valence electrons. The van der Waals surface area contributed by atoms with Gasteiger partial charge in [-0.2, -0.15) is 5.26 Å². The summed E-state index contributed by atoms with van der Waals surface area (Å²) in [5.41, 5.74) is 0.815. The Morgan fingerprint density at radius 1 is 1.53 bits per heavy atom. The zero-order valence-electron chi connectivity index (χ0n) is 8.57. The molecule has 0 spiro atoms. The predicted molar refractivity (Wildman–Crippen MR) is 54.3 cm³/mol. The Hall–Kier alpha value is -1.76. The number of fused-ring (bicyclic) bond motifs is 1. The van der Waals surface area contributed by atoms with Gasteiger partial charge in [0, 0.05) is 13.1 Å². The van der Waals surface area contributed by atoms with Gasteiger partial charge in [-0.3, -0.25) is 0 Å². The lowest BCUT2D eigenvalue weighted by Gasteiger charge is -2.36. The Morgan fingerprint density at radius 2 is 2.27 bits per heavy atom. The van der Waals surface area contributed by atoms with E-state index >= 15 is 0 Å². The summed E-state index contributed by atoms with van der Waals surface area (Å²) < 4.78 is 18.4. The zero-order chi connectivity index (χ0) is 11.0. The number of hydrogen-bond acceptors (Lipinski definition) is 3. The molecule has 1 aliphatic rings. The van der Waals surface area contributed by atoms with Gasteiger partial charge in [0.25, 0.3) is 0 Å². The molecule has 4 heteroatoms. The van der Waals surface area contributed by atoms with Gasteiger partial charge in [-0.1, -0.05) is 0 Å². The van der Waals surface area contributed by atoms with Crippen LogP contribution in [0.4, 0.5) is 10.1 Å². The lowest BCUT2D eigenvalue weighted by atomic mass is 10.1. The summed E-state index contributed by atoms with van der Waals surface area (Å²) in [6, 6.07) is 6.38. The van der Waals surface area contributed by atoms with Crippen molar-refractivity contribution >= 4 is 5.69 Å². The van der Waals surface area contributed by atoms with E-state index in [0.29, 0.717) is 5.75 Å². The molecule has 0 bridgehead atoms. The first-order valence-corrected chi connectivity index (χ1v) is 4.72. The van der Waals surface area contributed by atoms with Gasteiger partial charge in [0.2, 0.25) is 6.10 Å². The Bertz CT molecular complexity index is 427. The van der Waals surface area contributed by atoms with E-state index in [9.17, 15) is 4.39 Å². The third-order valence-corrected chi connectivity index (χ3v) is 2.73. The van der Waals surface area contributed by atoms with E-state index in [4.69, 9.17) is 10.00 Å². The lowest BCUT2D eigenvalue weighted by molar-refractivity contribution is 0.211. The van der Waals surface area contributed by atoms with Crippen LogP contribution in [0.3, 0.4) is 0 Å². The summed E-state index contributed by atoms with van der Waals surface area (Å²) in [6.45, 7) is 1.90. The van der Waals surface area contributed by atoms with E-state index in [1.807, 2.05) is 18.9 Å². The molecule has 3 nitrogen and oxygen atoms in total. The Balaban J connectivity index is 2.46. The van der Waals surface area contributed by atoms with Gasteiger partial charge >= 0.3 is 0 Å². The molecule has 2 atom stereocenters. The van der Waals surface area contributed by atoms with Gasteiger partial charge < -0.3 is 9.64 Å². The molecule has 0 saturated carbocycles. The second kappa shape index (κ2) is 3.43. The summed E-state index contributed by atoms with van der Waals surface area (Å²) in [5.74, 6) is 0.0792. The molecule has 2 unspecified atom stereocenters. The van der Waals surface area contributed by atoms with Crippen LogP contribution in [0.1, 0.15) is 6.92 Å². The minimum absolute atomic E-state index is 0.0343. The fraction of sp³-hybridized carbons (Fsp3) is 0.364. The Kier molecular flexibility index (Phi) is 2.24. The molecule has 1 aromatic carbocycles. The summed E-state index contributed by atoms with van der Waals surface area (Å²) >= 11 is 0. The standard InChI is InChI=1S/C11H11FN2O/c1-7-11(6-13)15-10-5-8(12)3-4-9(10)14(7)2/h3-5,7,11H,1-2H3. The summed E-state index contributed by atoms with van der Waals surface area (Å²) in [4.78, 5) is 1.92. The normalized spacial score (nSPS) is 24.0. The summed E-state index contributed by atoms with van der Waals surface area (Å²) in [5, 5.41) is 8.88. The number of ether oxygens (including phenoxy) is 1. The molecular weight excluding hydrogens is 195 g/mol. The van der Waals surface area contributed by atoms with Crippen LogP contribution in [0.15, 0.2) is 18.2 Å². The lowest BCUT2D eigenvalue weighted by Crippen LogP contribution is -2.45. The number of rotatable bonds is 0. The smallest absolute Gasteiger partial charge is 0.204 e. The first-order valence-electron chi connectivity index (χ1n) is 4.72. The quantitative estimate of drug-likeness (QED) is 0.650. The van der Waals surface area contributed by atoms with Gasteiger partial charge in [0.1, 0.15) is 17.6 Å². The van der Waals surface area contributed by atoms with Crippen molar-refractivity contribution in [3.05, 3.63) is 24.0 Å². The van der Waals surface area contributed by atoms with Crippen molar-refractivity contribution < 1.29 is 9.13 Å². The predicted octanol–water partition coefficient (Wildman–Crippen LogP) is 1.93. The van der Waals surface area contributed by atoms with Crippen molar-refractivity contribution in [3.63, 3.8) is 0 Å². The maximum Gasteiger partial charge on any atom is 0.204 e. The number of likely N-dealkylation sites (N-methyl/N-ethyl adjacent to an activating group) is 1. The van der Waals surface area contributed by atoms with E-state index in [2.05, 4.69) is 6.07 Å². The summed E-state index contributed by atoms with van der Waals surface area (Å²) in [7, 11) is 1.87. The van der Waals surface area contributed by atoms with Crippen LogP contribution in [0.25, 0.3) is 0 Å². The Labute approximate surface area is 87.7 Å². The molecular formula is C11H11FN2O. The zero-order valence-corrected chi connectivity index (χ0v) is 8.57. The van der Waals surface area contributed by atoms with Gasteiger partial charge in [-0.05, 0) is 19.1 Å². The topological polar surface area (TPSA) is 36.3 Å². The highest BCUT2D eigenvalue weighted by Crippen LogP contribution is 2.35. The average molecular weight is 206 g/mol. The summed E-state index contributed by atoms with van der Waals surface area (Å²) in [6.07, 6.45) is -0.552. The SMILES string of the molecule is CC1C(C#N)Oc2cc(F)ccc2N1C. The van der Waals surface area contributed by atoms with Gasteiger partial charge in [0.05, 0.1) is 11.7 Å². The molecule has 0 saturated heterocycles. The van der Waals surface area contributed by atoms with E-state index in [1.165, 1.54) is 12.1 Å². The van der Waals surface area contributed by atoms with E-state index < -0.39 is 6.10 Å². The van der Waals surface area contributed by atoms with Crippen LogP contribution in [0.5, 0.6) is 5.75 Å². The van der Waals surface area contributed by atoms with E-state index in [-0.39, 0.29) is 11.9 Å². The van der Waals surface area contributed by atoms with Crippen molar-refractivity contribution in [1.29, 1.82) is 5.26 Å². The van der Waals surface area contributed by atoms with Gasteiger partial charge in [-0.15, -0.1) is 0 Å². The molecule has 0 aliphatic carbocycles. The fourth-order valence-electron chi connectivity index (χ4n) is 1.67. The number of nitriles is 1. The first kappa shape index (κ1) is 9.78. The maximum absolute atomic E-state index is 13.0. The molecule has 0 radical (unpaired) electrons. The molecule has 1 aromatic rings. The van der Waals surface area contributed by atoms with Gasteiger partial charge in [-0.25, -0.2) is 4.39 Å². The fourth-order valence-corrected chi connectivity index (χ4v) is 1.67. The van der Waals surface area contributed by atoms with Crippen LogP contribution in [0, 0.1) is 17.1 Å². The van der Waals surface area contributed by atoms with E-state index in [1.54, 1.807) is 6.07 Å². The van der Waals surface area contributed by atoms with Crippen molar-refractivity contribution in [3.8, 4) is 11.8 Å². The minimum Gasteiger partial charge on any atom is -0.471 e. The molecule has 15 heavy (non-hydrogen) atoms. The van der Waals surface area contributed by atoms with Crippen LogP contribution < -0.4 is 9.64 Å². The maximum atomic E-state index is 13.0. The third kappa shape index (κ3) is 1.50. The number of anilines is 1. The van der Waals surface area contributed by atoms with Crippen molar-refractivity contribution in [2.45, 2.75) is 19.1 Å². The molecule has 0 aromatic heterocycles. The highest BCUT2D eigenvalue weighted by Gasteiger charge is 2.30. The van der Waals surface area contributed by atoms with E-state index in [0.717, 1.165) is 5.69 Å². The Morgan fingerprint density at radius 3 is 2.93 bits per heavy atom. The second-order valence-electron chi connectivity index (χ2n) is 3.63. The molecule has 1 heterocycles. The molecule has 1 aliphatic heterocycles. The van der Waals surface area contributed by atoms with Crippen LogP contribution in [-0.2, 0) is 0 Å². The third-order valence-electron chi connectivity index (χ3n) is 2.73. The number of hydrogen-bond donors (Lipinski definition) is 0. The highest BCUT2D eigenvalue weighted by molar-refractivity contribution is 5.61. The molecule has 0 N–H and O–H groups in total. The monoisotopic (exact) mass is 206 g/mol. The van der Waals surface area contributed by atoms with Crippen LogP contribution in [-0.4, -0.2) is 19.2 Å².